The number of hydrogen-bond donors (Lipinski definition) is 1. The van der Waals surface area contributed by atoms with Crippen molar-refractivity contribution in [2.45, 2.75) is 52.9 Å². The van der Waals surface area contributed by atoms with E-state index in [0.29, 0.717) is 5.92 Å². The van der Waals surface area contributed by atoms with Crippen LogP contribution in [0, 0.1) is 11.8 Å². The van der Waals surface area contributed by atoms with Gasteiger partial charge in [0.15, 0.2) is 0 Å². The van der Waals surface area contributed by atoms with Gasteiger partial charge in [-0.05, 0) is 18.8 Å². The van der Waals surface area contributed by atoms with Gasteiger partial charge in [-0.2, -0.15) is 0 Å². The van der Waals surface area contributed by atoms with Crippen molar-refractivity contribution < 1.29 is 9.90 Å². The Hall–Kier alpha value is -0.530. The molecule has 1 saturated carbocycles. The molecule has 2 atom stereocenters. The van der Waals surface area contributed by atoms with Gasteiger partial charge in [-0.15, -0.1) is 0 Å². The number of carboxylic acid groups (broad SMARTS) is 1. The summed E-state index contributed by atoms with van der Waals surface area (Å²) in [6.07, 6.45) is 5.29. The minimum atomic E-state index is -0.594. The Labute approximate surface area is 81.3 Å². The maximum Gasteiger partial charge on any atom is 0.306 e. The van der Waals surface area contributed by atoms with Crippen molar-refractivity contribution in [2.24, 2.45) is 11.8 Å². The molecule has 0 aromatic heterocycles. The largest absolute Gasteiger partial charge is 0.481 e. The molecule has 1 N–H and O–H groups in total. The topological polar surface area (TPSA) is 37.3 Å². The van der Waals surface area contributed by atoms with E-state index >= 15 is 0 Å². The highest BCUT2D eigenvalue weighted by atomic mass is 16.4. The summed E-state index contributed by atoms with van der Waals surface area (Å²) < 4.78 is 0. The van der Waals surface area contributed by atoms with Crippen LogP contribution in [0.2, 0.25) is 0 Å². The van der Waals surface area contributed by atoms with E-state index in [9.17, 15) is 4.79 Å². The molecule has 1 aliphatic carbocycles. The maximum absolute atomic E-state index is 10.6. The first kappa shape index (κ1) is 12.5. The van der Waals surface area contributed by atoms with Gasteiger partial charge < -0.3 is 5.11 Å². The van der Waals surface area contributed by atoms with E-state index in [-0.39, 0.29) is 5.92 Å². The molecule has 0 aromatic carbocycles. The van der Waals surface area contributed by atoms with Crippen LogP contribution in [0.3, 0.4) is 0 Å². The SMILES string of the molecule is CC.CCC1CCCC(C(=O)O)C1. The first-order valence-electron chi connectivity index (χ1n) is 5.46. The second-order valence-corrected chi connectivity index (χ2v) is 3.48. The lowest BCUT2D eigenvalue weighted by molar-refractivity contribution is -0.143. The molecule has 1 fully saturated rings. The van der Waals surface area contributed by atoms with Gasteiger partial charge in [0.1, 0.15) is 0 Å². The van der Waals surface area contributed by atoms with E-state index in [2.05, 4.69) is 6.92 Å². The second kappa shape index (κ2) is 6.93. The first-order valence-corrected chi connectivity index (χ1v) is 5.46. The highest BCUT2D eigenvalue weighted by Crippen LogP contribution is 2.30. The Morgan fingerprint density at radius 3 is 2.46 bits per heavy atom. The first-order chi connectivity index (χ1) is 6.24. The Kier molecular flexibility index (Phi) is 6.65. The molecule has 0 aliphatic heterocycles. The molecule has 2 unspecified atom stereocenters. The van der Waals surface area contributed by atoms with Crippen LogP contribution in [0.4, 0.5) is 0 Å². The van der Waals surface area contributed by atoms with Gasteiger partial charge in [0.2, 0.25) is 0 Å². The summed E-state index contributed by atoms with van der Waals surface area (Å²) in [5.74, 6) is 0.0294. The fourth-order valence-electron chi connectivity index (χ4n) is 1.89. The molecule has 0 bridgehead atoms. The normalized spacial score (nSPS) is 27.3. The summed E-state index contributed by atoms with van der Waals surface area (Å²) in [6.45, 7) is 6.15. The quantitative estimate of drug-likeness (QED) is 0.718. The molecule has 1 rings (SSSR count). The Morgan fingerprint density at radius 2 is 2.00 bits per heavy atom. The Morgan fingerprint density at radius 1 is 1.38 bits per heavy atom. The molecule has 78 valence electrons. The minimum absolute atomic E-state index is 0.0475. The number of aliphatic carboxylic acids is 1. The van der Waals surface area contributed by atoms with Crippen molar-refractivity contribution in [1.29, 1.82) is 0 Å². The van der Waals surface area contributed by atoms with Gasteiger partial charge in [0.25, 0.3) is 0 Å². The van der Waals surface area contributed by atoms with Crippen LogP contribution < -0.4 is 0 Å². The summed E-state index contributed by atoms with van der Waals surface area (Å²) in [4.78, 5) is 10.6. The lowest BCUT2D eigenvalue weighted by atomic mass is 9.80. The maximum atomic E-state index is 10.6. The zero-order valence-corrected chi connectivity index (χ0v) is 9.05. The van der Waals surface area contributed by atoms with Gasteiger partial charge in [-0.25, -0.2) is 0 Å². The lowest BCUT2D eigenvalue weighted by Gasteiger charge is -2.25. The number of hydrogen-bond acceptors (Lipinski definition) is 1. The third-order valence-electron chi connectivity index (χ3n) is 2.71. The fourth-order valence-corrected chi connectivity index (χ4v) is 1.89. The Bertz CT molecular complexity index is 143. The standard InChI is InChI=1S/C9H16O2.C2H6/c1-2-7-4-3-5-8(6-7)9(10)11;1-2/h7-8H,2-6H2,1H3,(H,10,11);1-2H3. The van der Waals surface area contributed by atoms with Crippen molar-refractivity contribution >= 4 is 5.97 Å². The summed E-state index contributed by atoms with van der Waals surface area (Å²) in [5.41, 5.74) is 0. The highest BCUT2D eigenvalue weighted by molar-refractivity contribution is 5.70. The molecular formula is C11H22O2. The fraction of sp³-hybridized carbons (Fsp3) is 0.909. The van der Waals surface area contributed by atoms with Crippen molar-refractivity contribution in [3.63, 3.8) is 0 Å². The highest BCUT2D eigenvalue weighted by Gasteiger charge is 2.25. The minimum Gasteiger partial charge on any atom is -0.481 e. The van der Waals surface area contributed by atoms with Gasteiger partial charge in [0.05, 0.1) is 5.92 Å². The summed E-state index contributed by atoms with van der Waals surface area (Å²) in [6, 6.07) is 0. The van der Waals surface area contributed by atoms with Gasteiger partial charge in [-0.1, -0.05) is 40.0 Å². The smallest absolute Gasteiger partial charge is 0.306 e. The van der Waals surface area contributed by atoms with Crippen molar-refractivity contribution in [1.82, 2.24) is 0 Å². The third-order valence-corrected chi connectivity index (χ3v) is 2.71. The number of carboxylic acids is 1. The molecular weight excluding hydrogens is 164 g/mol. The van der Waals surface area contributed by atoms with Gasteiger partial charge in [-0.3, -0.25) is 4.79 Å². The molecule has 1 aliphatic rings. The summed E-state index contributed by atoms with van der Waals surface area (Å²) in [7, 11) is 0. The number of rotatable bonds is 2. The van der Waals surface area contributed by atoms with Gasteiger partial charge >= 0.3 is 5.97 Å². The molecule has 13 heavy (non-hydrogen) atoms. The molecule has 2 heteroatoms. The molecule has 0 spiro atoms. The van der Waals surface area contributed by atoms with E-state index in [0.717, 1.165) is 25.7 Å². The molecule has 0 amide bonds. The molecule has 2 nitrogen and oxygen atoms in total. The van der Waals surface area contributed by atoms with Crippen LogP contribution in [0.15, 0.2) is 0 Å². The van der Waals surface area contributed by atoms with Crippen LogP contribution >= 0.6 is 0 Å². The van der Waals surface area contributed by atoms with E-state index < -0.39 is 5.97 Å². The lowest BCUT2D eigenvalue weighted by Crippen LogP contribution is -2.22. The van der Waals surface area contributed by atoms with E-state index in [1.165, 1.54) is 6.42 Å². The van der Waals surface area contributed by atoms with Crippen LogP contribution in [0.5, 0.6) is 0 Å². The third kappa shape index (κ3) is 4.30. The predicted octanol–water partition coefficient (Wildman–Crippen LogP) is 3.31. The number of carbonyl (C=O) groups is 1. The van der Waals surface area contributed by atoms with Crippen LogP contribution in [0.1, 0.15) is 52.9 Å². The van der Waals surface area contributed by atoms with E-state index in [4.69, 9.17) is 5.11 Å². The summed E-state index contributed by atoms with van der Waals surface area (Å²) in [5, 5.41) is 8.75. The average Bonchev–Trinajstić information content (AvgIpc) is 2.21. The monoisotopic (exact) mass is 186 g/mol. The van der Waals surface area contributed by atoms with Gasteiger partial charge in [0, 0.05) is 0 Å². The van der Waals surface area contributed by atoms with Crippen molar-refractivity contribution in [2.75, 3.05) is 0 Å². The average molecular weight is 186 g/mol. The van der Waals surface area contributed by atoms with Crippen molar-refractivity contribution in [3.05, 3.63) is 0 Å². The van der Waals surface area contributed by atoms with E-state index in [1.54, 1.807) is 0 Å². The van der Waals surface area contributed by atoms with Crippen LogP contribution in [-0.4, -0.2) is 11.1 Å². The van der Waals surface area contributed by atoms with Crippen LogP contribution in [0.25, 0.3) is 0 Å². The van der Waals surface area contributed by atoms with E-state index in [1.807, 2.05) is 13.8 Å². The van der Waals surface area contributed by atoms with Crippen molar-refractivity contribution in [3.8, 4) is 0 Å². The zero-order chi connectivity index (χ0) is 10.3. The molecule has 0 radical (unpaired) electrons. The zero-order valence-electron chi connectivity index (χ0n) is 9.05. The van der Waals surface area contributed by atoms with Crippen LogP contribution in [-0.2, 0) is 4.79 Å². The second-order valence-electron chi connectivity index (χ2n) is 3.48. The summed E-state index contributed by atoms with van der Waals surface area (Å²) >= 11 is 0. The molecule has 0 saturated heterocycles. The predicted molar refractivity (Wildman–Crippen MR) is 54.7 cm³/mol. The Balaban J connectivity index is 0.000000671. The molecule has 0 aromatic rings. The molecule has 0 heterocycles.